The predicted octanol–water partition coefficient (Wildman–Crippen LogP) is 4.54. The van der Waals surface area contributed by atoms with Crippen molar-refractivity contribution in [1.82, 2.24) is 5.32 Å². The minimum absolute atomic E-state index is 0.0785. The molecule has 1 N–H and O–H groups in total. The lowest BCUT2D eigenvalue weighted by atomic mass is 10.0. The van der Waals surface area contributed by atoms with Crippen LogP contribution in [0.25, 0.3) is 0 Å². The minimum atomic E-state index is -0.562. The van der Waals surface area contributed by atoms with E-state index in [1.807, 2.05) is 30.3 Å². The van der Waals surface area contributed by atoms with Crippen molar-refractivity contribution >= 4 is 11.9 Å². The summed E-state index contributed by atoms with van der Waals surface area (Å²) in [5.41, 5.74) is 1.78. The lowest BCUT2D eigenvalue weighted by Crippen LogP contribution is -2.33. The van der Waals surface area contributed by atoms with Crippen LogP contribution in [0.5, 0.6) is 11.5 Å². The van der Waals surface area contributed by atoms with Crippen LogP contribution in [0.3, 0.4) is 0 Å². The van der Waals surface area contributed by atoms with Gasteiger partial charge in [-0.25, -0.2) is 4.79 Å². The number of hydrogen-bond acceptors (Lipinski definition) is 5. The van der Waals surface area contributed by atoms with Crippen molar-refractivity contribution in [2.24, 2.45) is 0 Å². The van der Waals surface area contributed by atoms with Crippen LogP contribution in [0.4, 0.5) is 4.79 Å². The number of alkyl carbamates (subject to hydrolysis) is 1. The van der Waals surface area contributed by atoms with Gasteiger partial charge in [0.25, 0.3) is 0 Å². The topological polar surface area (TPSA) is 73.9 Å². The molecular formula is C23H29NO5. The number of carbonyl (C=O) groups excluding carboxylic acids is 2. The maximum Gasteiger partial charge on any atom is 0.407 e. The van der Waals surface area contributed by atoms with E-state index in [0.717, 1.165) is 11.1 Å². The Morgan fingerprint density at radius 2 is 1.72 bits per heavy atom. The van der Waals surface area contributed by atoms with Crippen LogP contribution in [0.1, 0.15) is 49.2 Å². The highest BCUT2D eigenvalue weighted by Crippen LogP contribution is 2.32. The first kappa shape index (κ1) is 22.3. The number of ether oxygens (including phenoxy) is 3. The minimum Gasteiger partial charge on any atom is -0.493 e. The number of amides is 1. The van der Waals surface area contributed by atoms with Gasteiger partial charge in [-0.15, -0.1) is 0 Å². The van der Waals surface area contributed by atoms with Gasteiger partial charge in [-0.3, -0.25) is 4.79 Å². The van der Waals surface area contributed by atoms with E-state index in [0.29, 0.717) is 36.6 Å². The highest BCUT2D eigenvalue weighted by atomic mass is 16.6. The van der Waals surface area contributed by atoms with Crippen molar-refractivity contribution in [2.75, 3.05) is 13.7 Å². The van der Waals surface area contributed by atoms with E-state index < -0.39 is 11.7 Å². The van der Waals surface area contributed by atoms with E-state index >= 15 is 0 Å². The molecule has 0 aromatic heterocycles. The number of methoxy groups -OCH3 is 1. The zero-order valence-corrected chi connectivity index (χ0v) is 17.7. The second-order valence-corrected chi connectivity index (χ2v) is 7.67. The molecule has 0 saturated carbocycles. The van der Waals surface area contributed by atoms with Crippen molar-refractivity contribution in [3.8, 4) is 11.5 Å². The molecule has 6 nitrogen and oxygen atoms in total. The van der Waals surface area contributed by atoms with Crippen LogP contribution < -0.4 is 14.8 Å². The third-order valence-corrected chi connectivity index (χ3v) is 4.07. The quantitative estimate of drug-likeness (QED) is 0.660. The molecule has 2 aromatic carbocycles. The summed E-state index contributed by atoms with van der Waals surface area (Å²) in [6.45, 7) is 7.64. The first-order chi connectivity index (χ1) is 13.7. The molecule has 0 spiro atoms. The Kier molecular flexibility index (Phi) is 7.65. The van der Waals surface area contributed by atoms with E-state index in [1.165, 1.54) is 6.92 Å². The van der Waals surface area contributed by atoms with Gasteiger partial charge < -0.3 is 19.5 Å². The molecule has 1 amide bonds. The van der Waals surface area contributed by atoms with Crippen LogP contribution in [0, 0.1) is 0 Å². The van der Waals surface area contributed by atoms with E-state index in [-0.39, 0.29) is 5.78 Å². The van der Waals surface area contributed by atoms with Crippen molar-refractivity contribution in [1.29, 1.82) is 0 Å². The number of hydrogen-bond donors (Lipinski definition) is 1. The molecule has 0 bridgehead atoms. The van der Waals surface area contributed by atoms with Crippen LogP contribution in [0.2, 0.25) is 0 Å². The maximum atomic E-state index is 12.1. The van der Waals surface area contributed by atoms with Crippen molar-refractivity contribution in [2.45, 2.75) is 46.3 Å². The number of Topliss-reactive ketones (excluding diaryl/α,β-unsaturated/α-hetero) is 1. The largest absolute Gasteiger partial charge is 0.493 e. The lowest BCUT2D eigenvalue weighted by Gasteiger charge is -2.20. The second kappa shape index (κ2) is 9.96. The SMILES string of the molecule is COc1cc(C(C)=O)c(CCNC(=O)OC(C)(C)C)cc1OCc1ccccc1. The van der Waals surface area contributed by atoms with Gasteiger partial charge in [0.1, 0.15) is 12.2 Å². The van der Waals surface area contributed by atoms with Crippen molar-refractivity contribution < 1.29 is 23.8 Å². The Balaban J connectivity index is 2.14. The van der Waals surface area contributed by atoms with Crippen LogP contribution >= 0.6 is 0 Å². The van der Waals surface area contributed by atoms with Crippen molar-refractivity contribution in [3.05, 3.63) is 59.2 Å². The predicted molar refractivity (Wildman–Crippen MR) is 112 cm³/mol. The number of benzene rings is 2. The molecule has 0 atom stereocenters. The fourth-order valence-electron chi connectivity index (χ4n) is 2.76. The van der Waals surface area contributed by atoms with Gasteiger partial charge in [-0.1, -0.05) is 30.3 Å². The van der Waals surface area contributed by atoms with Gasteiger partial charge in [0.2, 0.25) is 0 Å². The Bertz CT molecular complexity index is 840. The monoisotopic (exact) mass is 399 g/mol. The first-order valence-electron chi connectivity index (χ1n) is 9.55. The van der Waals surface area contributed by atoms with E-state index in [4.69, 9.17) is 14.2 Å². The summed E-state index contributed by atoms with van der Waals surface area (Å²) in [7, 11) is 1.54. The average molecular weight is 399 g/mol. The number of nitrogens with one attached hydrogen (secondary N) is 1. The fraction of sp³-hybridized carbons (Fsp3) is 0.391. The summed E-state index contributed by atoms with van der Waals surface area (Å²) in [6.07, 6.45) is -0.0317. The molecule has 0 fully saturated rings. The summed E-state index contributed by atoms with van der Waals surface area (Å²) < 4.78 is 16.6. The number of ketones is 1. The Morgan fingerprint density at radius 3 is 2.31 bits per heavy atom. The van der Waals surface area contributed by atoms with E-state index in [2.05, 4.69) is 5.32 Å². The molecule has 0 saturated heterocycles. The van der Waals surface area contributed by atoms with Gasteiger partial charge in [-0.05, 0) is 57.4 Å². The lowest BCUT2D eigenvalue weighted by molar-refractivity contribution is 0.0528. The van der Waals surface area contributed by atoms with Crippen LogP contribution in [0.15, 0.2) is 42.5 Å². The van der Waals surface area contributed by atoms with Gasteiger partial charge in [0.15, 0.2) is 17.3 Å². The standard InChI is InChI=1S/C23H29NO5/c1-16(25)19-14-20(27-5)21(28-15-17-9-7-6-8-10-17)13-18(19)11-12-24-22(26)29-23(2,3)4/h6-10,13-14H,11-12,15H2,1-5H3,(H,24,26). The van der Waals surface area contributed by atoms with Crippen LogP contribution in [-0.2, 0) is 17.8 Å². The molecule has 29 heavy (non-hydrogen) atoms. The normalized spacial score (nSPS) is 10.9. The Hall–Kier alpha value is -3.02. The molecule has 2 rings (SSSR count). The third-order valence-electron chi connectivity index (χ3n) is 4.07. The molecule has 0 aliphatic carbocycles. The first-order valence-corrected chi connectivity index (χ1v) is 9.55. The van der Waals surface area contributed by atoms with E-state index in [9.17, 15) is 9.59 Å². The third kappa shape index (κ3) is 7.14. The zero-order valence-electron chi connectivity index (χ0n) is 17.7. The zero-order chi connectivity index (χ0) is 21.4. The molecule has 0 aliphatic heterocycles. The van der Waals surface area contributed by atoms with E-state index in [1.54, 1.807) is 40.0 Å². The summed E-state index contributed by atoms with van der Waals surface area (Å²) in [5.74, 6) is 0.966. The molecule has 6 heteroatoms. The maximum absolute atomic E-state index is 12.1. The summed E-state index contributed by atoms with van der Waals surface area (Å²) >= 11 is 0. The number of carbonyl (C=O) groups is 2. The number of rotatable bonds is 8. The summed E-state index contributed by atoms with van der Waals surface area (Å²) in [5, 5.41) is 2.72. The molecule has 156 valence electrons. The molecule has 0 unspecified atom stereocenters. The second-order valence-electron chi connectivity index (χ2n) is 7.67. The summed E-state index contributed by atoms with van der Waals surface area (Å²) in [6, 6.07) is 13.3. The Morgan fingerprint density at radius 1 is 1.03 bits per heavy atom. The smallest absolute Gasteiger partial charge is 0.407 e. The average Bonchev–Trinajstić information content (AvgIpc) is 2.65. The molecule has 0 radical (unpaired) electrons. The Labute approximate surface area is 172 Å². The highest BCUT2D eigenvalue weighted by Gasteiger charge is 2.17. The summed E-state index contributed by atoms with van der Waals surface area (Å²) in [4.78, 5) is 24.0. The fourth-order valence-corrected chi connectivity index (χ4v) is 2.76. The van der Waals surface area contributed by atoms with Gasteiger partial charge in [-0.2, -0.15) is 0 Å². The van der Waals surface area contributed by atoms with Gasteiger partial charge in [0.05, 0.1) is 7.11 Å². The van der Waals surface area contributed by atoms with Crippen molar-refractivity contribution in [3.63, 3.8) is 0 Å². The van der Waals surface area contributed by atoms with Crippen LogP contribution in [-0.4, -0.2) is 31.1 Å². The highest BCUT2D eigenvalue weighted by molar-refractivity contribution is 5.96. The molecule has 0 heterocycles. The molecule has 0 aliphatic rings. The molecular weight excluding hydrogens is 370 g/mol. The van der Waals surface area contributed by atoms with Gasteiger partial charge in [0, 0.05) is 12.1 Å². The van der Waals surface area contributed by atoms with Gasteiger partial charge >= 0.3 is 6.09 Å². The molecule has 2 aromatic rings.